The number of pyridine rings is 1. The zero-order chi connectivity index (χ0) is 17.6. The summed E-state index contributed by atoms with van der Waals surface area (Å²) in [6, 6.07) is 18.1. The number of aryl methyl sites for hydroxylation is 2. The summed E-state index contributed by atoms with van der Waals surface area (Å²) in [5.41, 5.74) is 4.02. The number of fused-ring (bicyclic) bond motifs is 1. The molecule has 1 heterocycles. The Morgan fingerprint density at radius 2 is 1.92 bits per heavy atom. The summed E-state index contributed by atoms with van der Waals surface area (Å²) < 4.78 is 0. The molecule has 3 nitrogen and oxygen atoms in total. The van der Waals surface area contributed by atoms with Gasteiger partial charge in [0.1, 0.15) is 0 Å². The predicted octanol–water partition coefficient (Wildman–Crippen LogP) is 4.92. The third kappa shape index (κ3) is 4.13. The van der Waals surface area contributed by atoms with E-state index in [1.165, 1.54) is 11.1 Å². The largest absolute Gasteiger partial charge is 0.324 e. The first-order valence-corrected chi connectivity index (χ1v) is 8.50. The maximum atomic E-state index is 12.7. The molecule has 1 unspecified atom stereocenters. The lowest BCUT2D eigenvalue weighted by Gasteiger charge is -2.14. The van der Waals surface area contributed by atoms with Crippen molar-refractivity contribution in [3.05, 3.63) is 84.6 Å². The maximum absolute atomic E-state index is 12.7. The van der Waals surface area contributed by atoms with Gasteiger partial charge in [0.2, 0.25) is 5.91 Å². The summed E-state index contributed by atoms with van der Waals surface area (Å²) in [5, 5.41) is 4.02. The van der Waals surface area contributed by atoms with Crippen molar-refractivity contribution in [3.63, 3.8) is 0 Å². The van der Waals surface area contributed by atoms with Crippen molar-refractivity contribution >= 4 is 22.5 Å². The van der Waals surface area contributed by atoms with Gasteiger partial charge in [0, 0.05) is 11.6 Å². The van der Waals surface area contributed by atoms with E-state index in [4.69, 9.17) is 0 Å². The monoisotopic (exact) mass is 330 g/mol. The van der Waals surface area contributed by atoms with Crippen molar-refractivity contribution in [1.29, 1.82) is 0 Å². The van der Waals surface area contributed by atoms with Crippen molar-refractivity contribution in [2.24, 2.45) is 5.92 Å². The zero-order valence-electron chi connectivity index (χ0n) is 14.4. The Morgan fingerprint density at radius 3 is 2.68 bits per heavy atom. The minimum atomic E-state index is -0.236. The molecule has 0 aliphatic heterocycles. The van der Waals surface area contributed by atoms with Crippen LogP contribution in [0.5, 0.6) is 0 Å². The molecule has 1 atom stereocenters. The smallest absolute Gasteiger partial charge is 0.231 e. The van der Waals surface area contributed by atoms with Crippen molar-refractivity contribution < 1.29 is 4.79 Å². The fourth-order valence-corrected chi connectivity index (χ4v) is 2.86. The van der Waals surface area contributed by atoms with Crippen LogP contribution in [0.15, 0.2) is 73.4 Å². The van der Waals surface area contributed by atoms with Gasteiger partial charge >= 0.3 is 0 Å². The van der Waals surface area contributed by atoms with E-state index < -0.39 is 0 Å². The molecule has 1 amide bonds. The highest BCUT2D eigenvalue weighted by atomic mass is 16.1. The normalized spacial score (nSPS) is 11.9. The fraction of sp³-hybridized carbons (Fsp3) is 0.182. The minimum absolute atomic E-state index is 0.0414. The second-order valence-electron chi connectivity index (χ2n) is 6.24. The number of nitrogens with zero attached hydrogens (tertiary/aromatic N) is 1. The van der Waals surface area contributed by atoms with Crippen LogP contribution >= 0.6 is 0 Å². The van der Waals surface area contributed by atoms with Crippen molar-refractivity contribution in [2.75, 3.05) is 5.32 Å². The molecule has 0 aliphatic carbocycles. The Labute approximate surface area is 148 Å². The van der Waals surface area contributed by atoms with E-state index in [9.17, 15) is 4.79 Å². The number of carbonyl (C=O) groups is 1. The first kappa shape index (κ1) is 16.9. The number of rotatable bonds is 6. The van der Waals surface area contributed by atoms with Gasteiger partial charge in [-0.15, -0.1) is 6.58 Å². The highest BCUT2D eigenvalue weighted by Crippen LogP contribution is 2.22. The molecule has 126 valence electrons. The highest BCUT2D eigenvalue weighted by molar-refractivity contribution is 6.01. The topological polar surface area (TPSA) is 42.0 Å². The van der Waals surface area contributed by atoms with Crippen LogP contribution in [0.4, 0.5) is 5.69 Å². The van der Waals surface area contributed by atoms with Gasteiger partial charge in [-0.25, -0.2) is 0 Å². The number of carbonyl (C=O) groups excluding carboxylic acids is 1. The average molecular weight is 330 g/mol. The van der Waals surface area contributed by atoms with Crippen LogP contribution < -0.4 is 5.32 Å². The molecule has 0 radical (unpaired) electrons. The van der Waals surface area contributed by atoms with E-state index in [2.05, 4.69) is 48.1 Å². The van der Waals surface area contributed by atoms with E-state index in [1.807, 2.05) is 30.3 Å². The fourth-order valence-electron chi connectivity index (χ4n) is 2.86. The number of aromatic nitrogens is 1. The third-order valence-electron chi connectivity index (χ3n) is 4.38. The summed E-state index contributed by atoms with van der Waals surface area (Å²) in [6.07, 6.45) is 5.04. The van der Waals surface area contributed by atoms with E-state index >= 15 is 0 Å². The third-order valence-corrected chi connectivity index (χ3v) is 4.38. The molecule has 0 saturated heterocycles. The Balaban J connectivity index is 1.69. The summed E-state index contributed by atoms with van der Waals surface area (Å²) >= 11 is 0. The minimum Gasteiger partial charge on any atom is -0.324 e. The Kier molecular flexibility index (Phi) is 5.24. The van der Waals surface area contributed by atoms with Crippen molar-refractivity contribution in [1.82, 2.24) is 4.98 Å². The molecule has 0 fully saturated rings. The lowest BCUT2D eigenvalue weighted by molar-refractivity contribution is -0.118. The van der Waals surface area contributed by atoms with E-state index in [1.54, 1.807) is 12.3 Å². The summed E-state index contributed by atoms with van der Waals surface area (Å²) in [4.78, 5) is 17.0. The lowest BCUT2D eigenvalue weighted by atomic mass is 9.98. The molecule has 1 N–H and O–H groups in total. The van der Waals surface area contributed by atoms with Crippen LogP contribution in [-0.4, -0.2) is 10.9 Å². The quantitative estimate of drug-likeness (QED) is 0.652. The number of hydrogen-bond donors (Lipinski definition) is 1. The van der Waals surface area contributed by atoms with E-state index in [0.29, 0.717) is 0 Å². The van der Waals surface area contributed by atoms with Gasteiger partial charge in [-0.05, 0) is 37.5 Å². The van der Waals surface area contributed by atoms with Crippen LogP contribution in [0.1, 0.15) is 17.5 Å². The van der Waals surface area contributed by atoms with Crippen LogP contribution in [0.2, 0.25) is 0 Å². The van der Waals surface area contributed by atoms with E-state index in [0.717, 1.165) is 29.4 Å². The predicted molar refractivity (Wildman–Crippen MR) is 104 cm³/mol. The highest BCUT2D eigenvalue weighted by Gasteiger charge is 2.16. The van der Waals surface area contributed by atoms with Gasteiger partial charge < -0.3 is 5.32 Å². The maximum Gasteiger partial charge on any atom is 0.231 e. The number of anilines is 1. The number of hydrogen-bond acceptors (Lipinski definition) is 2. The molecular weight excluding hydrogens is 308 g/mol. The van der Waals surface area contributed by atoms with Gasteiger partial charge in [-0.3, -0.25) is 9.78 Å². The molecule has 1 aromatic heterocycles. The molecule has 0 saturated carbocycles. The molecule has 3 heteroatoms. The summed E-state index contributed by atoms with van der Waals surface area (Å²) in [5.74, 6) is -0.277. The molecule has 2 aromatic carbocycles. The van der Waals surface area contributed by atoms with E-state index in [-0.39, 0.29) is 11.8 Å². The number of amides is 1. The number of para-hydroxylation sites is 1. The van der Waals surface area contributed by atoms with Crippen LogP contribution in [0, 0.1) is 12.8 Å². The Morgan fingerprint density at radius 1 is 1.16 bits per heavy atom. The van der Waals surface area contributed by atoms with Gasteiger partial charge in [0.25, 0.3) is 0 Å². The number of nitrogens with one attached hydrogen (secondary N) is 1. The Bertz CT molecular complexity index is 879. The second kappa shape index (κ2) is 7.75. The SMILES string of the molecule is C=CC(CCc1ccc(C)cc1)C(=O)Nc1cccc2cccnc12. The molecule has 0 aliphatic rings. The van der Waals surface area contributed by atoms with Gasteiger partial charge in [0.05, 0.1) is 17.1 Å². The van der Waals surface area contributed by atoms with Gasteiger partial charge in [-0.1, -0.05) is 54.1 Å². The van der Waals surface area contributed by atoms with Crippen molar-refractivity contribution in [3.8, 4) is 0 Å². The molecule has 0 spiro atoms. The molecule has 0 bridgehead atoms. The molecule has 25 heavy (non-hydrogen) atoms. The molecule has 3 rings (SSSR count). The van der Waals surface area contributed by atoms with Gasteiger partial charge in [0.15, 0.2) is 0 Å². The van der Waals surface area contributed by atoms with Crippen LogP contribution in [0.25, 0.3) is 10.9 Å². The van der Waals surface area contributed by atoms with Crippen molar-refractivity contribution in [2.45, 2.75) is 19.8 Å². The van der Waals surface area contributed by atoms with Gasteiger partial charge in [-0.2, -0.15) is 0 Å². The van der Waals surface area contributed by atoms with Crippen LogP contribution in [-0.2, 0) is 11.2 Å². The van der Waals surface area contributed by atoms with Crippen LogP contribution in [0.3, 0.4) is 0 Å². The summed E-state index contributed by atoms with van der Waals surface area (Å²) in [6.45, 7) is 5.91. The first-order valence-electron chi connectivity index (χ1n) is 8.50. The Hall–Kier alpha value is -2.94. The second-order valence-corrected chi connectivity index (χ2v) is 6.24. The lowest BCUT2D eigenvalue weighted by Crippen LogP contribution is -2.22. The standard InChI is InChI=1S/C22H22N2O/c1-3-18(14-13-17-11-9-16(2)10-12-17)22(25)24-20-8-4-6-19-7-5-15-23-21(19)20/h3-12,15,18H,1,13-14H2,2H3,(H,24,25). The zero-order valence-corrected chi connectivity index (χ0v) is 14.4. The summed E-state index contributed by atoms with van der Waals surface area (Å²) in [7, 11) is 0. The number of benzene rings is 2. The first-order chi connectivity index (χ1) is 12.2. The molecule has 3 aromatic rings. The molecular formula is C22H22N2O. The average Bonchev–Trinajstić information content (AvgIpc) is 2.64.